The van der Waals surface area contributed by atoms with Crippen LogP contribution in [0, 0.1) is 0 Å². The predicted molar refractivity (Wildman–Crippen MR) is 91.2 cm³/mol. The molecule has 0 saturated carbocycles. The molecule has 0 aromatic carbocycles. The van der Waals surface area contributed by atoms with Crippen LogP contribution in [0.1, 0.15) is 17.7 Å². The molecule has 1 spiro atoms. The molecule has 126 valence electrons. The van der Waals surface area contributed by atoms with E-state index in [0.29, 0.717) is 26.1 Å². The molecule has 6 heteroatoms. The molecule has 0 bridgehead atoms. The Labute approximate surface area is 145 Å². The maximum atomic E-state index is 12.3. The largest absolute Gasteiger partial charge is 0.489 e. The van der Waals surface area contributed by atoms with E-state index < -0.39 is 0 Å². The number of hydrogen-bond donors (Lipinski definition) is 0. The molecule has 24 heavy (non-hydrogen) atoms. The molecule has 2 fully saturated rings. The van der Waals surface area contributed by atoms with Crippen LogP contribution < -0.4 is 4.74 Å². The Balaban J connectivity index is 1.31. The number of thiophene rings is 1. The van der Waals surface area contributed by atoms with Gasteiger partial charge in [0.1, 0.15) is 17.5 Å². The van der Waals surface area contributed by atoms with Crippen LogP contribution in [-0.4, -0.2) is 47.2 Å². The first-order valence-corrected chi connectivity index (χ1v) is 9.11. The zero-order valence-electron chi connectivity index (χ0n) is 13.4. The van der Waals surface area contributed by atoms with Crippen LogP contribution >= 0.6 is 11.3 Å². The quantitative estimate of drug-likeness (QED) is 0.855. The lowest BCUT2D eigenvalue weighted by molar-refractivity contribution is -0.192. The van der Waals surface area contributed by atoms with Gasteiger partial charge in [0, 0.05) is 23.9 Å². The first-order valence-electron chi connectivity index (χ1n) is 8.23. The van der Waals surface area contributed by atoms with Gasteiger partial charge in [0.25, 0.3) is 0 Å². The minimum atomic E-state index is -0.226. The number of ether oxygens (including phenoxy) is 2. The van der Waals surface area contributed by atoms with Crippen molar-refractivity contribution in [1.82, 2.24) is 9.88 Å². The van der Waals surface area contributed by atoms with Crippen molar-refractivity contribution < 1.29 is 14.3 Å². The van der Waals surface area contributed by atoms with Crippen molar-refractivity contribution in [3.63, 3.8) is 0 Å². The Kier molecular flexibility index (Phi) is 4.24. The number of pyridine rings is 1. The zero-order chi connectivity index (χ0) is 16.4. The van der Waals surface area contributed by atoms with Crippen LogP contribution in [0.4, 0.5) is 0 Å². The Hall–Kier alpha value is -1.92. The second kappa shape index (κ2) is 6.53. The Bertz CT molecular complexity index is 684. The van der Waals surface area contributed by atoms with E-state index >= 15 is 0 Å². The van der Waals surface area contributed by atoms with Gasteiger partial charge in [0.05, 0.1) is 32.3 Å². The van der Waals surface area contributed by atoms with Crippen LogP contribution in [-0.2, 0) is 16.0 Å². The monoisotopic (exact) mass is 344 g/mol. The van der Waals surface area contributed by atoms with E-state index in [2.05, 4.69) is 4.98 Å². The van der Waals surface area contributed by atoms with E-state index in [1.165, 1.54) is 0 Å². The van der Waals surface area contributed by atoms with Crippen molar-refractivity contribution in [2.75, 3.05) is 19.7 Å². The highest BCUT2D eigenvalue weighted by atomic mass is 32.1. The molecule has 4 rings (SSSR count). The van der Waals surface area contributed by atoms with Crippen LogP contribution in [0.2, 0.25) is 0 Å². The van der Waals surface area contributed by atoms with Gasteiger partial charge in [-0.05, 0) is 23.6 Å². The van der Waals surface area contributed by atoms with Crippen molar-refractivity contribution in [3.8, 4) is 5.75 Å². The molecule has 2 aromatic rings. The van der Waals surface area contributed by atoms with Crippen molar-refractivity contribution >= 4 is 17.2 Å². The topological polar surface area (TPSA) is 51.7 Å². The van der Waals surface area contributed by atoms with Gasteiger partial charge in [0.15, 0.2) is 0 Å². The lowest BCUT2D eigenvalue weighted by Crippen LogP contribution is -2.67. The Morgan fingerprint density at radius 1 is 1.42 bits per heavy atom. The van der Waals surface area contributed by atoms with Crippen LogP contribution in [0.15, 0.2) is 42.0 Å². The highest BCUT2D eigenvalue weighted by Gasteiger charge is 2.49. The maximum absolute atomic E-state index is 12.3. The summed E-state index contributed by atoms with van der Waals surface area (Å²) < 4.78 is 12.0. The van der Waals surface area contributed by atoms with E-state index in [1.54, 1.807) is 23.7 Å². The SMILES string of the molecule is O=C(Cc1cccs1)N1CC2(C[C@@H](Oc3cccnc3)CCO2)C1. The zero-order valence-corrected chi connectivity index (χ0v) is 14.2. The molecule has 1 atom stereocenters. The van der Waals surface area contributed by atoms with Gasteiger partial charge in [-0.1, -0.05) is 6.07 Å². The first-order chi connectivity index (χ1) is 11.7. The Morgan fingerprint density at radius 2 is 2.33 bits per heavy atom. The summed E-state index contributed by atoms with van der Waals surface area (Å²) in [6.07, 6.45) is 5.78. The average Bonchev–Trinajstić information content (AvgIpc) is 3.06. The molecule has 0 N–H and O–H groups in total. The molecule has 2 aliphatic rings. The first kappa shape index (κ1) is 15.6. The molecule has 2 aromatic heterocycles. The molecule has 0 unspecified atom stereocenters. The van der Waals surface area contributed by atoms with Crippen LogP contribution in [0.3, 0.4) is 0 Å². The van der Waals surface area contributed by atoms with Gasteiger partial charge in [-0.2, -0.15) is 0 Å². The van der Waals surface area contributed by atoms with Gasteiger partial charge < -0.3 is 14.4 Å². The number of nitrogens with zero attached hydrogens (tertiary/aromatic N) is 2. The second-order valence-electron chi connectivity index (χ2n) is 6.46. The smallest absolute Gasteiger partial charge is 0.228 e. The van der Waals surface area contributed by atoms with E-state index in [0.717, 1.165) is 23.5 Å². The van der Waals surface area contributed by atoms with Crippen molar-refractivity contribution in [2.45, 2.75) is 31.0 Å². The van der Waals surface area contributed by atoms with Crippen LogP contribution in [0.25, 0.3) is 0 Å². The van der Waals surface area contributed by atoms with Crippen molar-refractivity contribution in [3.05, 3.63) is 46.9 Å². The third kappa shape index (κ3) is 3.30. The molecule has 5 nitrogen and oxygen atoms in total. The third-order valence-corrected chi connectivity index (χ3v) is 5.48. The molecule has 0 radical (unpaired) electrons. The van der Waals surface area contributed by atoms with E-state index in [9.17, 15) is 4.79 Å². The van der Waals surface area contributed by atoms with Crippen molar-refractivity contribution in [2.24, 2.45) is 0 Å². The minimum absolute atomic E-state index is 0.123. The molecule has 1 amide bonds. The highest BCUT2D eigenvalue weighted by Crippen LogP contribution is 2.36. The lowest BCUT2D eigenvalue weighted by atomic mass is 9.84. The van der Waals surface area contributed by atoms with Gasteiger partial charge in [-0.25, -0.2) is 0 Å². The highest BCUT2D eigenvalue weighted by molar-refractivity contribution is 7.10. The van der Waals surface area contributed by atoms with Gasteiger partial charge >= 0.3 is 0 Å². The summed E-state index contributed by atoms with van der Waals surface area (Å²) in [6, 6.07) is 7.79. The number of carbonyl (C=O) groups excluding carboxylic acids is 1. The number of amides is 1. The van der Waals surface area contributed by atoms with Crippen molar-refractivity contribution in [1.29, 1.82) is 0 Å². The molecular weight excluding hydrogens is 324 g/mol. The standard InChI is InChI=1S/C18H20N2O3S/c21-17(9-16-4-2-8-24-16)20-12-18(13-20)10-14(5-7-22-18)23-15-3-1-6-19-11-15/h1-4,6,8,11,14H,5,7,9-10,12-13H2/t14-/m0/s1. The summed E-state index contributed by atoms with van der Waals surface area (Å²) in [5.41, 5.74) is -0.226. The third-order valence-electron chi connectivity index (χ3n) is 4.60. The molecule has 0 aliphatic carbocycles. The molecule has 2 aliphatic heterocycles. The second-order valence-corrected chi connectivity index (χ2v) is 7.49. The van der Waals surface area contributed by atoms with Crippen LogP contribution in [0.5, 0.6) is 5.75 Å². The molecular formula is C18H20N2O3S. The summed E-state index contributed by atoms with van der Waals surface area (Å²) in [4.78, 5) is 19.4. The van der Waals surface area contributed by atoms with Gasteiger partial charge in [-0.15, -0.1) is 11.3 Å². The van der Waals surface area contributed by atoms with E-state index in [1.807, 2.05) is 34.5 Å². The van der Waals surface area contributed by atoms with E-state index in [-0.39, 0.29) is 17.6 Å². The molecule has 2 saturated heterocycles. The lowest BCUT2D eigenvalue weighted by Gasteiger charge is -2.52. The summed E-state index contributed by atoms with van der Waals surface area (Å²) in [5.74, 6) is 0.978. The maximum Gasteiger partial charge on any atom is 0.228 e. The average molecular weight is 344 g/mol. The normalized spacial score (nSPS) is 22.2. The number of aromatic nitrogens is 1. The Morgan fingerprint density at radius 3 is 3.08 bits per heavy atom. The van der Waals surface area contributed by atoms with Gasteiger partial charge in [0.2, 0.25) is 5.91 Å². The number of hydrogen-bond acceptors (Lipinski definition) is 5. The van der Waals surface area contributed by atoms with Gasteiger partial charge in [-0.3, -0.25) is 9.78 Å². The summed E-state index contributed by atoms with van der Waals surface area (Å²) in [5, 5.41) is 2.00. The number of rotatable bonds is 4. The molecule has 4 heterocycles. The predicted octanol–water partition coefficient (Wildman–Crippen LogP) is 2.52. The fourth-order valence-corrected chi connectivity index (χ4v) is 4.11. The fourth-order valence-electron chi connectivity index (χ4n) is 3.41. The number of carbonyl (C=O) groups is 1. The summed E-state index contributed by atoms with van der Waals surface area (Å²) in [6.45, 7) is 2.02. The minimum Gasteiger partial charge on any atom is -0.489 e. The van der Waals surface area contributed by atoms with E-state index in [4.69, 9.17) is 9.47 Å². The summed E-state index contributed by atoms with van der Waals surface area (Å²) >= 11 is 1.63. The number of likely N-dealkylation sites (tertiary alicyclic amines) is 1. The fraction of sp³-hybridized carbons (Fsp3) is 0.444. The summed E-state index contributed by atoms with van der Waals surface area (Å²) in [7, 11) is 0.